The molecule has 0 saturated carbocycles. The normalized spacial score (nSPS) is 17.2. The number of piperidine rings is 1. The topological polar surface area (TPSA) is 58.1 Å². The van der Waals surface area contributed by atoms with Gasteiger partial charge < -0.3 is 10.2 Å². The van der Waals surface area contributed by atoms with E-state index in [1.807, 2.05) is 6.07 Å². The van der Waals surface area contributed by atoms with Gasteiger partial charge >= 0.3 is 0 Å². The molecule has 26 heavy (non-hydrogen) atoms. The summed E-state index contributed by atoms with van der Waals surface area (Å²) in [6.45, 7) is 3.20. The standard InChI is InChI=1S/C18H20ClFN4OS/c1-12-4-2-3-7-24(12)16-9-18(22-11-21-16)26-10-17(25)23-13-5-6-15(20)14(19)8-13/h5-6,8-9,11-12H,2-4,7,10H2,1H3,(H,23,25). The van der Waals surface area contributed by atoms with Crippen LogP contribution in [0, 0.1) is 5.82 Å². The summed E-state index contributed by atoms with van der Waals surface area (Å²) in [7, 11) is 0. The van der Waals surface area contributed by atoms with Gasteiger partial charge in [0.05, 0.1) is 10.8 Å². The van der Waals surface area contributed by atoms with Crippen LogP contribution in [0.25, 0.3) is 0 Å². The molecule has 138 valence electrons. The monoisotopic (exact) mass is 394 g/mol. The predicted octanol–water partition coefficient (Wildman–Crippen LogP) is 4.38. The number of benzene rings is 1. The van der Waals surface area contributed by atoms with Gasteiger partial charge in [0.15, 0.2) is 0 Å². The summed E-state index contributed by atoms with van der Waals surface area (Å²) < 4.78 is 13.2. The lowest BCUT2D eigenvalue weighted by Crippen LogP contribution is -2.38. The Morgan fingerprint density at radius 3 is 3.00 bits per heavy atom. The fraction of sp³-hybridized carbons (Fsp3) is 0.389. The largest absolute Gasteiger partial charge is 0.354 e. The SMILES string of the molecule is CC1CCCCN1c1cc(SCC(=O)Nc2ccc(F)c(Cl)c2)ncn1. The molecule has 0 spiro atoms. The number of hydrogen-bond acceptors (Lipinski definition) is 5. The number of aromatic nitrogens is 2. The first-order chi connectivity index (χ1) is 12.5. The van der Waals surface area contributed by atoms with Crippen molar-refractivity contribution in [1.82, 2.24) is 9.97 Å². The van der Waals surface area contributed by atoms with Crippen LogP contribution in [0.2, 0.25) is 5.02 Å². The fourth-order valence-corrected chi connectivity index (χ4v) is 3.76. The van der Waals surface area contributed by atoms with Crippen LogP contribution in [0.1, 0.15) is 26.2 Å². The molecule has 0 bridgehead atoms. The number of amides is 1. The lowest BCUT2D eigenvalue weighted by Gasteiger charge is -2.34. The Hall–Kier alpha value is -1.86. The molecule has 3 rings (SSSR count). The highest BCUT2D eigenvalue weighted by atomic mass is 35.5. The van der Waals surface area contributed by atoms with E-state index in [-0.39, 0.29) is 16.7 Å². The molecule has 1 saturated heterocycles. The second-order valence-electron chi connectivity index (χ2n) is 6.22. The Kier molecular flexibility index (Phi) is 6.32. The van der Waals surface area contributed by atoms with Crippen molar-refractivity contribution in [2.45, 2.75) is 37.3 Å². The van der Waals surface area contributed by atoms with E-state index in [4.69, 9.17) is 11.6 Å². The van der Waals surface area contributed by atoms with Gasteiger partial charge in [-0.2, -0.15) is 0 Å². The molecule has 2 heterocycles. The van der Waals surface area contributed by atoms with Crippen molar-refractivity contribution in [2.75, 3.05) is 22.5 Å². The summed E-state index contributed by atoms with van der Waals surface area (Å²) in [5.41, 5.74) is 0.465. The third-order valence-corrected chi connectivity index (χ3v) is 5.49. The average molecular weight is 395 g/mol. The number of thioether (sulfide) groups is 1. The van der Waals surface area contributed by atoms with Crippen LogP contribution in [-0.2, 0) is 4.79 Å². The third-order valence-electron chi connectivity index (χ3n) is 4.28. The lowest BCUT2D eigenvalue weighted by molar-refractivity contribution is -0.113. The van der Waals surface area contributed by atoms with Crippen molar-refractivity contribution in [3.8, 4) is 0 Å². The van der Waals surface area contributed by atoms with E-state index < -0.39 is 5.82 Å². The van der Waals surface area contributed by atoms with Gasteiger partial charge in [-0.15, -0.1) is 0 Å². The van der Waals surface area contributed by atoms with Gasteiger partial charge in [-0.3, -0.25) is 4.79 Å². The van der Waals surface area contributed by atoms with Gasteiger partial charge in [0.1, 0.15) is 23.0 Å². The predicted molar refractivity (Wildman–Crippen MR) is 103 cm³/mol. The molecule has 1 atom stereocenters. The Labute approximate surface area is 161 Å². The van der Waals surface area contributed by atoms with Crippen LogP contribution in [0.4, 0.5) is 15.9 Å². The molecular weight excluding hydrogens is 375 g/mol. The van der Waals surface area contributed by atoms with Crippen LogP contribution in [-0.4, -0.2) is 34.2 Å². The Bertz CT molecular complexity index is 792. The van der Waals surface area contributed by atoms with Crippen molar-refractivity contribution >= 4 is 40.8 Å². The Morgan fingerprint density at radius 1 is 1.38 bits per heavy atom. The van der Waals surface area contributed by atoms with E-state index in [0.29, 0.717) is 11.7 Å². The second-order valence-corrected chi connectivity index (χ2v) is 7.62. The molecule has 1 unspecified atom stereocenters. The molecular formula is C18H20ClFN4OS. The highest BCUT2D eigenvalue weighted by Crippen LogP contribution is 2.26. The number of rotatable bonds is 5. The molecule has 8 heteroatoms. The van der Waals surface area contributed by atoms with Crippen LogP contribution in [0.15, 0.2) is 35.6 Å². The second kappa shape index (κ2) is 8.68. The van der Waals surface area contributed by atoms with Crippen molar-refractivity contribution in [2.24, 2.45) is 0 Å². The van der Waals surface area contributed by atoms with E-state index in [2.05, 4.69) is 27.1 Å². The minimum atomic E-state index is -0.514. The number of nitrogens with one attached hydrogen (secondary N) is 1. The molecule has 1 amide bonds. The molecule has 0 aliphatic carbocycles. The first-order valence-corrected chi connectivity index (χ1v) is 9.85. The number of hydrogen-bond donors (Lipinski definition) is 1. The zero-order valence-electron chi connectivity index (χ0n) is 14.4. The maximum Gasteiger partial charge on any atom is 0.234 e. The van der Waals surface area contributed by atoms with Crippen molar-refractivity contribution in [1.29, 1.82) is 0 Å². The fourth-order valence-electron chi connectivity index (χ4n) is 2.91. The van der Waals surface area contributed by atoms with E-state index in [1.54, 1.807) is 0 Å². The van der Waals surface area contributed by atoms with Gasteiger partial charge in [0.25, 0.3) is 0 Å². The Balaban J connectivity index is 1.58. The van der Waals surface area contributed by atoms with Gasteiger partial charge in [-0.1, -0.05) is 23.4 Å². The Morgan fingerprint density at radius 2 is 2.23 bits per heavy atom. The van der Waals surface area contributed by atoms with E-state index in [0.717, 1.165) is 23.8 Å². The van der Waals surface area contributed by atoms with Crippen LogP contribution in [0.5, 0.6) is 0 Å². The molecule has 1 aliphatic rings. The van der Waals surface area contributed by atoms with Gasteiger partial charge in [-0.25, -0.2) is 14.4 Å². The molecule has 1 aromatic heterocycles. The number of carbonyl (C=O) groups excluding carboxylic acids is 1. The number of nitrogens with zero attached hydrogens (tertiary/aromatic N) is 3. The molecule has 2 aromatic rings. The lowest BCUT2D eigenvalue weighted by atomic mass is 10.0. The molecule has 5 nitrogen and oxygen atoms in total. The molecule has 1 aromatic carbocycles. The van der Waals surface area contributed by atoms with Crippen molar-refractivity contribution < 1.29 is 9.18 Å². The van der Waals surface area contributed by atoms with Gasteiger partial charge in [-0.05, 0) is 44.4 Å². The van der Waals surface area contributed by atoms with E-state index in [1.165, 1.54) is 49.1 Å². The first kappa shape index (κ1) is 18.9. The van der Waals surface area contributed by atoms with Crippen molar-refractivity contribution in [3.05, 3.63) is 41.4 Å². The van der Waals surface area contributed by atoms with Crippen LogP contribution in [0.3, 0.4) is 0 Å². The minimum absolute atomic E-state index is 0.0217. The third kappa shape index (κ3) is 4.86. The number of anilines is 2. The highest BCUT2D eigenvalue weighted by Gasteiger charge is 2.20. The minimum Gasteiger partial charge on any atom is -0.354 e. The van der Waals surface area contributed by atoms with Crippen molar-refractivity contribution in [3.63, 3.8) is 0 Å². The van der Waals surface area contributed by atoms with E-state index >= 15 is 0 Å². The smallest absolute Gasteiger partial charge is 0.234 e. The summed E-state index contributed by atoms with van der Waals surface area (Å²) >= 11 is 7.06. The average Bonchev–Trinajstić information content (AvgIpc) is 2.64. The summed E-state index contributed by atoms with van der Waals surface area (Å²) in [5.74, 6) is 0.380. The molecule has 1 N–H and O–H groups in total. The van der Waals surface area contributed by atoms with Crippen LogP contribution >= 0.6 is 23.4 Å². The van der Waals surface area contributed by atoms with E-state index in [9.17, 15) is 9.18 Å². The first-order valence-electron chi connectivity index (χ1n) is 8.49. The van der Waals surface area contributed by atoms with Gasteiger partial charge in [0.2, 0.25) is 5.91 Å². The summed E-state index contributed by atoms with van der Waals surface area (Å²) in [6.07, 6.45) is 5.11. The zero-order chi connectivity index (χ0) is 18.5. The summed E-state index contributed by atoms with van der Waals surface area (Å²) in [5, 5.41) is 3.43. The zero-order valence-corrected chi connectivity index (χ0v) is 16.0. The summed E-state index contributed by atoms with van der Waals surface area (Å²) in [4.78, 5) is 23.0. The molecule has 1 aliphatic heterocycles. The highest BCUT2D eigenvalue weighted by molar-refractivity contribution is 7.99. The number of halogens is 2. The maximum atomic E-state index is 13.2. The number of carbonyl (C=O) groups is 1. The molecule has 1 fully saturated rings. The summed E-state index contributed by atoms with van der Waals surface area (Å²) in [6, 6.07) is 6.48. The quantitative estimate of drug-likeness (QED) is 0.602. The van der Waals surface area contributed by atoms with Gasteiger partial charge in [0, 0.05) is 24.3 Å². The van der Waals surface area contributed by atoms with Crippen LogP contribution < -0.4 is 10.2 Å². The maximum absolute atomic E-state index is 13.2. The molecule has 0 radical (unpaired) electrons.